The Balaban J connectivity index is 1.78. The minimum Gasteiger partial charge on any atom is -0.347 e. The predicted molar refractivity (Wildman–Crippen MR) is 96.7 cm³/mol. The summed E-state index contributed by atoms with van der Waals surface area (Å²) < 4.78 is 1.88. The molecule has 0 aliphatic heterocycles. The maximum absolute atomic E-state index is 13.0. The largest absolute Gasteiger partial charge is 0.347 e. The van der Waals surface area contributed by atoms with Crippen molar-refractivity contribution in [3.8, 4) is 0 Å². The molecule has 24 heavy (non-hydrogen) atoms. The van der Waals surface area contributed by atoms with Crippen molar-refractivity contribution in [1.29, 1.82) is 0 Å². The quantitative estimate of drug-likeness (QED) is 0.676. The van der Waals surface area contributed by atoms with Crippen molar-refractivity contribution in [3.63, 3.8) is 0 Å². The first-order valence-corrected chi connectivity index (χ1v) is 8.22. The number of carbonyl (C=O) groups is 1. The minimum absolute atomic E-state index is 0.0716. The Labute approximate surface area is 143 Å². The van der Waals surface area contributed by atoms with E-state index < -0.39 is 0 Å². The number of aryl methyl sites for hydroxylation is 1. The van der Waals surface area contributed by atoms with Crippen LogP contribution in [-0.4, -0.2) is 21.9 Å². The van der Waals surface area contributed by atoms with Crippen molar-refractivity contribution in [1.82, 2.24) is 9.47 Å². The van der Waals surface area contributed by atoms with Crippen LogP contribution in [-0.2, 0) is 20.0 Å². The number of amides is 1. The molecule has 0 saturated heterocycles. The van der Waals surface area contributed by atoms with E-state index in [1.807, 2.05) is 71.2 Å². The molecule has 0 spiro atoms. The summed E-state index contributed by atoms with van der Waals surface area (Å²) >= 11 is 0. The van der Waals surface area contributed by atoms with Crippen LogP contribution in [0.25, 0.3) is 0 Å². The molecule has 0 fully saturated rings. The van der Waals surface area contributed by atoms with E-state index in [4.69, 9.17) is 0 Å². The van der Waals surface area contributed by atoms with Gasteiger partial charge in [-0.1, -0.05) is 60.7 Å². The highest BCUT2D eigenvalue weighted by molar-refractivity contribution is 5.92. The Kier molecular flexibility index (Phi) is 5.12. The molecule has 3 heteroatoms. The summed E-state index contributed by atoms with van der Waals surface area (Å²) in [5.74, 6) is 0.0716. The van der Waals surface area contributed by atoms with Crippen molar-refractivity contribution in [3.05, 3.63) is 95.8 Å². The molecule has 2 aromatic carbocycles. The molecule has 0 atom stereocenters. The molecule has 0 aliphatic rings. The molecule has 3 aromatic rings. The van der Waals surface area contributed by atoms with Crippen molar-refractivity contribution in [2.24, 2.45) is 7.05 Å². The molecule has 0 saturated carbocycles. The number of aromatic nitrogens is 1. The van der Waals surface area contributed by atoms with Crippen LogP contribution in [0.4, 0.5) is 0 Å². The maximum atomic E-state index is 13.0. The topological polar surface area (TPSA) is 25.2 Å². The van der Waals surface area contributed by atoms with Gasteiger partial charge in [0, 0.05) is 26.3 Å². The van der Waals surface area contributed by atoms with Crippen molar-refractivity contribution >= 4 is 5.91 Å². The number of hydrogen-bond acceptors (Lipinski definition) is 1. The smallest absolute Gasteiger partial charge is 0.270 e. The van der Waals surface area contributed by atoms with E-state index in [0.29, 0.717) is 13.1 Å². The molecule has 0 bridgehead atoms. The van der Waals surface area contributed by atoms with Crippen LogP contribution in [0.3, 0.4) is 0 Å². The zero-order valence-corrected chi connectivity index (χ0v) is 13.9. The van der Waals surface area contributed by atoms with Gasteiger partial charge in [-0.25, -0.2) is 0 Å². The average Bonchev–Trinajstić information content (AvgIpc) is 3.06. The lowest BCUT2D eigenvalue weighted by Crippen LogP contribution is -2.33. The summed E-state index contributed by atoms with van der Waals surface area (Å²) in [4.78, 5) is 14.9. The minimum atomic E-state index is 0.0716. The third-order valence-corrected chi connectivity index (χ3v) is 4.18. The van der Waals surface area contributed by atoms with Gasteiger partial charge < -0.3 is 9.47 Å². The van der Waals surface area contributed by atoms with Crippen LogP contribution < -0.4 is 0 Å². The van der Waals surface area contributed by atoms with Crippen LogP contribution in [0.15, 0.2) is 79.0 Å². The third kappa shape index (κ3) is 3.93. The Morgan fingerprint density at radius 1 is 0.875 bits per heavy atom. The van der Waals surface area contributed by atoms with Gasteiger partial charge in [-0.05, 0) is 29.7 Å². The van der Waals surface area contributed by atoms with Crippen LogP contribution >= 0.6 is 0 Å². The van der Waals surface area contributed by atoms with E-state index in [1.165, 1.54) is 5.56 Å². The van der Waals surface area contributed by atoms with Gasteiger partial charge in [-0.15, -0.1) is 0 Å². The number of carbonyl (C=O) groups excluding carboxylic acids is 1. The summed E-state index contributed by atoms with van der Waals surface area (Å²) in [6.45, 7) is 1.32. The fourth-order valence-electron chi connectivity index (χ4n) is 2.81. The lowest BCUT2D eigenvalue weighted by atomic mass is 10.1. The molecule has 1 aromatic heterocycles. The predicted octanol–water partition coefficient (Wildman–Crippen LogP) is 3.91. The second-order valence-electron chi connectivity index (χ2n) is 5.95. The van der Waals surface area contributed by atoms with Crippen LogP contribution in [0.2, 0.25) is 0 Å². The van der Waals surface area contributed by atoms with Crippen LogP contribution in [0.1, 0.15) is 21.6 Å². The van der Waals surface area contributed by atoms with Crippen molar-refractivity contribution in [2.75, 3.05) is 6.54 Å². The molecular formula is C21H22N2O. The Bertz CT molecular complexity index is 778. The van der Waals surface area contributed by atoms with Crippen molar-refractivity contribution in [2.45, 2.75) is 13.0 Å². The first-order valence-electron chi connectivity index (χ1n) is 8.22. The second kappa shape index (κ2) is 7.64. The molecule has 3 rings (SSSR count). The molecule has 0 N–H and O–H groups in total. The van der Waals surface area contributed by atoms with E-state index in [-0.39, 0.29) is 5.91 Å². The number of nitrogens with zero attached hydrogens (tertiary/aromatic N) is 2. The van der Waals surface area contributed by atoms with Gasteiger partial charge in [0.25, 0.3) is 5.91 Å². The molecule has 3 nitrogen and oxygen atoms in total. The second-order valence-corrected chi connectivity index (χ2v) is 5.95. The zero-order chi connectivity index (χ0) is 16.8. The van der Waals surface area contributed by atoms with Gasteiger partial charge in [-0.3, -0.25) is 4.79 Å². The standard InChI is InChI=1S/C21H22N2O/c1-22-15-8-13-20(22)21(24)23(17-19-11-6-3-7-12-19)16-14-18-9-4-2-5-10-18/h2-13,15H,14,16-17H2,1H3. The molecule has 1 amide bonds. The summed E-state index contributed by atoms with van der Waals surface area (Å²) in [5.41, 5.74) is 3.11. The Hall–Kier alpha value is -2.81. The van der Waals surface area contributed by atoms with Crippen LogP contribution in [0.5, 0.6) is 0 Å². The third-order valence-electron chi connectivity index (χ3n) is 4.18. The van der Waals surface area contributed by atoms with Gasteiger partial charge >= 0.3 is 0 Å². The van der Waals surface area contributed by atoms with Crippen molar-refractivity contribution < 1.29 is 4.79 Å². The van der Waals surface area contributed by atoms with Gasteiger partial charge in [-0.2, -0.15) is 0 Å². The summed E-state index contributed by atoms with van der Waals surface area (Å²) in [6, 6.07) is 24.2. The van der Waals surface area contributed by atoms with E-state index in [1.54, 1.807) is 0 Å². The Morgan fingerprint density at radius 3 is 2.08 bits per heavy atom. The number of rotatable bonds is 6. The molecule has 0 aliphatic carbocycles. The van der Waals surface area contributed by atoms with E-state index >= 15 is 0 Å². The van der Waals surface area contributed by atoms with E-state index in [0.717, 1.165) is 17.7 Å². The lowest BCUT2D eigenvalue weighted by Gasteiger charge is -2.23. The highest BCUT2D eigenvalue weighted by Gasteiger charge is 2.18. The monoisotopic (exact) mass is 318 g/mol. The fourth-order valence-corrected chi connectivity index (χ4v) is 2.81. The molecule has 122 valence electrons. The molecule has 0 radical (unpaired) electrons. The fraction of sp³-hybridized carbons (Fsp3) is 0.190. The maximum Gasteiger partial charge on any atom is 0.270 e. The molecule has 1 heterocycles. The van der Waals surface area contributed by atoms with Gasteiger partial charge in [0.1, 0.15) is 5.69 Å². The molecular weight excluding hydrogens is 296 g/mol. The first kappa shape index (κ1) is 16.1. The lowest BCUT2D eigenvalue weighted by molar-refractivity contribution is 0.0735. The van der Waals surface area contributed by atoms with Gasteiger partial charge in [0.2, 0.25) is 0 Å². The van der Waals surface area contributed by atoms with Crippen LogP contribution in [0, 0.1) is 0 Å². The van der Waals surface area contributed by atoms with E-state index in [2.05, 4.69) is 24.3 Å². The molecule has 0 unspecified atom stereocenters. The van der Waals surface area contributed by atoms with Gasteiger partial charge in [0.05, 0.1) is 0 Å². The number of benzene rings is 2. The highest BCUT2D eigenvalue weighted by atomic mass is 16.2. The summed E-state index contributed by atoms with van der Waals surface area (Å²) in [6.07, 6.45) is 2.76. The number of hydrogen-bond donors (Lipinski definition) is 0. The Morgan fingerprint density at radius 2 is 1.50 bits per heavy atom. The summed E-state index contributed by atoms with van der Waals surface area (Å²) in [5, 5.41) is 0. The highest BCUT2D eigenvalue weighted by Crippen LogP contribution is 2.12. The summed E-state index contributed by atoms with van der Waals surface area (Å²) in [7, 11) is 1.91. The zero-order valence-electron chi connectivity index (χ0n) is 13.9. The SMILES string of the molecule is Cn1cccc1C(=O)N(CCc1ccccc1)Cc1ccccc1. The average molecular weight is 318 g/mol. The van der Waals surface area contributed by atoms with Gasteiger partial charge in [0.15, 0.2) is 0 Å². The first-order chi connectivity index (χ1) is 11.7. The van der Waals surface area contributed by atoms with E-state index in [9.17, 15) is 4.79 Å². The normalized spacial score (nSPS) is 10.5.